The second kappa shape index (κ2) is 6.21. The van der Waals surface area contributed by atoms with Crippen molar-refractivity contribution in [2.75, 3.05) is 5.75 Å². The first-order valence-corrected chi connectivity index (χ1v) is 5.49. The fourth-order valence-corrected chi connectivity index (χ4v) is 1.59. The van der Waals surface area contributed by atoms with Crippen molar-refractivity contribution >= 4 is 24.3 Å². The molecule has 0 aliphatic carbocycles. The third-order valence-corrected chi connectivity index (χ3v) is 2.57. The molecule has 0 saturated heterocycles. The molecule has 0 fully saturated rings. The number of aliphatic carboxylic acids is 1. The van der Waals surface area contributed by atoms with Crippen LogP contribution >= 0.6 is 12.6 Å². The Morgan fingerprint density at radius 2 is 2.18 bits per heavy atom. The van der Waals surface area contributed by atoms with E-state index in [-0.39, 0.29) is 18.0 Å². The number of carboxylic acid groups (broad SMARTS) is 1. The van der Waals surface area contributed by atoms with Crippen LogP contribution < -0.4 is 5.32 Å². The molecule has 0 heterocycles. The van der Waals surface area contributed by atoms with Crippen LogP contribution in [0.5, 0.6) is 0 Å². The number of para-hydroxylation sites is 1. The second-order valence-corrected chi connectivity index (χ2v) is 3.71. The van der Waals surface area contributed by atoms with Crippen LogP contribution in [0.2, 0.25) is 0 Å². The molecular weight excluding hydrogens is 244 g/mol. The van der Waals surface area contributed by atoms with E-state index in [1.165, 1.54) is 6.07 Å². The first kappa shape index (κ1) is 13.5. The Labute approximate surface area is 103 Å². The molecule has 0 unspecified atom stereocenters. The molecule has 1 rings (SSSR count). The van der Waals surface area contributed by atoms with Gasteiger partial charge in [-0.25, -0.2) is 0 Å². The number of carbonyl (C=O) groups is 1. The van der Waals surface area contributed by atoms with Crippen molar-refractivity contribution < 1.29 is 14.8 Å². The van der Waals surface area contributed by atoms with Crippen molar-refractivity contribution in [1.29, 1.82) is 0 Å². The first-order valence-electron chi connectivity index (χ1n) is 4.85. The Morgan fingerprint density at radius 1 is 1.53 bits per heavy atom. The normalized spacial score (nSPS) is 12.1. The summed E-state index contributed by atoms with van der Waals surface area (Å²) in [4.78, 5) is 20.9. The smallest absolute Gasteiger partial charge is 0.321 e. The Morgan fingerprint density at radius 3 is 2.71 bits per heavy atom. The molecule has 17 heavy (non-hydrogen) atoms. The van der Waals surface area contributed by atoms with Gasteiger partial charge in [0, 0.05) is 23.9 Å². The van der Waals surface area contributed by atoms with Crippen molar-refractivity contribution in [3.8, 4) is 0 Å². The van der Waals surface area contributed by atoms with Crippen molar-refractivity contribution in [1.82, 2.24) is 5.32 Å². The van der Waals surface area contributed by atoms with E-state index in [2.05, 4.69) is 17.9 Å². The maximum absolute atomic E-state index is 10.7. The largest absolute Gasteiger partial charge is 0.480 e. The molecule has 0 aromatic heterocycles. The molecule has 92 valence electrons. The van der Waals surface area contributed by atoms with Crippen LogP contribution in [-0.2, 0) is 11.3 Å². The van der Waals surface area contributed by atoms with E-state index < -0.39 is 16.9 Å². The Bertz CT molecular complexity index is 425. The summed E-state index contributed by atoms with van der Waals surface area (Å²) in [6.45, 7) is 0.120. The fourth-order valence-electron chi connectivity index (χ4n) is 1.30. The number of carboxylic acids is 1. The van der Waals surface area contributed by atoms with Gasteiger partial charge in [-0.15, -0.1) is 0 Å². The van der Waals surface area contributed by atoms with Gasteiger partial charge in [-0.2, -0.15) is 12.6 Å². The number of nitrogens with zero attached hydrogens (tertiary/aromatic N) is 1. The van der Waals surface area contributed by atoms with Crippen LogP contribution in [0.15, 0.2) is 24.3 Å². The third-order valence-electron chi connectivity index (χ3n) is 2.21. The summed E-state index contributed by atoms with van der Waals surface area (Å²) in [7, 11) is 0. The molecule has 0 aliphatic heterocycles. The highest BCUT2D eigenvalue weighted by Crippen LogP contribution is 2.17. The highest BCUT2D eigenvalue weighted by Gasteiger charge is 2.17. The van der Waals surface area contributed by atoms with Crippen LogP contribution in [0, 0.1) is 10.1 Å². The van der Waals surface area contributed by atoms with E-state index in [4.69, 9.17) is 5.11 Å². The van der Waals surface area contributed by atoms with Crippen LogP contribution in [0.4, 0.5) is 5.69 Å². The van der Waals surface area contributed by atoms with Crippen molar-refractivity contribution in [2.45, 2.75) is 12.6 Å². The molecule has 0 spiro atoms. The Kier molecular flexibility index (Phi) is 4.92. The molecule has 7 heteroatoms. The number of rotatable bonds is 6. The lowest BCUT2D eigenvalue weighted by atomic mass is 10.1. The summed E-state index contributed by atoms with van der Waals surface area (Å²) in [6.07, 6.45) is 0. The van der Waals surface area contributed by atoms with Gasteiger partial charge in [0.15, 0.2) is 0 Å². The zero-order chi connectivity index (χ0) is 12.8. The number of nitro groups is 1. The molecule has 0 amide bonds. The molecule has 0 aliphatic rings. The van der Waals surface area contributed by atoms with Gasteiger partial charge in [0.25, 0.3) is 5.69 Å². The lowest BCUT2D eigenvalue weighted by Gasteiger charge is -2.11. The molecule has 0 radical (unpaired) electrons. The number of thiol groups is 1. The SMILES string of the molecule is O=C(O)[C@H](CS)NCc1ccccc1[N+](=O)[O-]. The van der Waals surface area contributed by atoms with Crippen LogP contribution in [0.3, 0.4) is 0 Å². The molecule has 0 saturated carbocycles. The molecule has 1 aromatic rings. The monoisotopic (exact) mass is 256 g/mol. The lowest BCUT2D eigenvalue weighted by molar-refractivity contribution is -0.385. The number of benzene rings is 1. The van der Waals surface area contributed by atoms with Crippen LogP contribution in [0.25, 0.3) is 0 Å². The second-order valence-electron chi connectivity index (χ2n) is 3.34. The van der Waals surface area contributed by atoms with Crippen molar-refractivity contribution in [2.24, 2.45) is 0 Å². The van der Waals surface area contributed by atoms with E-state index in [1.54, 1.807) is 18.2 Å². The number of hydrogen-bond donors (Lipinski definition) is 3. The predicted octanol–water partition coefficient (Wildman–Crippen LogP) is 1.07. The van der Waals surface area contributed by atoms with E-state index in [0.29, 0.717) is 5.56 Å². The number of nitro benzene ring substituents is 1. The van der Waals surface area contributed by atoms with E-state index in [1.807, 2.05) is 0 Å². The van der Waals surface area contributed by atoms with E-state index in [0.717, 1.165) is 0 Å². The lowest BCUT2D eigenvalue weighted by Crippen LogP contribution is -2.37. The third kappa shape index (κ3) is 3.72. The molecule has 2 N–H and O–H groups in total. The highest BCUT2D eigenvalue weighted by molar-refractivity contribution is 7.80. The summed E-state index contributed by atoms with van der Waals surface area (Å²) in [5.74, 6) is -0.908. The molecule has 1 atom stereocenters. The van der Waals surface area contributed by atoms with Crippen LogP contribution in [-0.4, -0.2) is 27.8 Å². The molecule has 0 bridgehead atoms. The maximum Gasteiger partial charge on any atom is 0.321 e. The minimum Gasteiger partial charge on any atom is -0.480 e. The van der Waals surface area contributed by atoms with Gasteiger partial charge in [0.1, 0.15) is 6.04 Å². The summed E-state index contributed by atoms with van der Waals surface area (Å²) >= 11 is 3.89. The quantitative estimate of drug-likeness (QED) is 0.402. The number of hydrogen-bond acceptors (Lipinski definition) is 5. The fraction of sp³-hybridized carbons (Fsp3) is 0.300. The molecule has 6 nitrogen and oxygen atoms in total. The van der Waals surface area contributed by atoms with Gasteiger partial charge in [-0.1, -0.05) is 18.2 Å². The minimum absolute atomic E-state index is 0.0247. The molecular formula is C10H12N2O4S. The number of nitrogens with one attached hydrogen (secondary N) is 1. The van der Waals surface area contributed by atoms with Crippen molar-refractivity contribution in [3.05, 3.63) is 39.9 Å². The average Bonchev–Trinajstić information content (AvgIpc) is 2.29. The van der Waals surface area contributed by atoms with Crippen molar-refractivity contribution in [3.63, 3.8) is 0 Å². The van der Waals surface area contributed by atoms with Crippen LogP contribution in [0.1, 0.15) is 5.56 Å². The van der Waals surface area contributed by atoms with E-state index >= 15 is 0 Å². The average molecular weight is 256 g/mol. The van der Waals surface area contributed by atoms with Gasteiger partial charge < -0.3 is 5.11 Å². The topological polar surface area (TPSA) is 92.5 Å². The van der Waals surface area contributed by atoms with Gasteiger partial charge in [-0.3, -0.25) is 20.2 Å². The minimum atomic E-state index is -1.03. The van der Waals surface area contributed by atoms with Gasteiger partial charge >= 0.3 is 5.97 Å². The first-order chi connectivity index (χ1) is 8.06. The summed E-state index contributed by atoms with van der Waals surface area (Å²) in [6, 6.07) is 5.38. The van der Waals surface area contributed by atoms with Gasteiger partial charge in [0.2, 0.25) is 0 Å². The van der Waals surface area contributed by atoms with Gasteiger partial charge in [-0.05, 0) is 0 Å². The Hall–Kier alpha value is -1.60. The highest BCUT2D eigenvalue weighted by atomic mass is 32.1. The zero-order valence-electron chi connectivity index (χ0n) is 8.87. The maximum atomic E-state index is 10.7. The predicted molar refractivity (Wildman–Crippen MR) is 65.2 cm³/mol. The van der Waals surface area contributed by atoms with E-state index in [9.17, 15) is 14.9 Å². The standard InChI is InChI=1S/C10H12N2O4S/c13-10(14)8(6-17)11-5-7-3-1-2-4-9(7)12(15)16/h1-4,8,11,17H,5-6H2,(H,13,14)/t8-/m0/s1. The van der Waals surface area contributed by atoms with Gasteiger partial charge in [0.05, 0.1) is 4.92 Å². The summed E-state index contributed by atoms with van der Waals surface area (Å²) in [5, 5.41) is 22.2. The Balaban J connectivity index is 2.75. The molecule has 1 aromatic carbocycles. The summed E-state index contributed by atoms with van der Waals surface area (Å²) < 4.78 is 0. The zero-order valence-corrected chi connectivity index (χ0v) is 9.76. The summed E-state index contributed by atoms with van der Waals surface area (Å²) in [5.41, 5.74) is 0.425.